The summed E-state index contributed by atoms with van der Waals surface area (Å²) in [5.41, 5.74) is 4.52. The van der Waals surface area contributed by atoms with Crippen LogP contribution in [0.1, 0.15) is 35.4 Å². The third-order valence-corrected chi connectivity index (χ3v) is 7.80. The fraction of sp³-hybridized carbons (Fsp3) is 0.323. The maximum Gasteiger partial charge on any atom is 0.410 e. The molecule has 0 bridgehead atoms. The van der Waals surface area contributed by atoms with E-state index in [0.29, 0.717) is 25.3 Å². The first-order valence-corrected chi connectivity index (χ1v) is 13.1. The predicted molar refractivity (Wildman–Crippen MR) is 143 cm³/mol. The number of aliphatic imine (C=N–C) groups is 1. The van der Waals surface area contributed by atoms with Crippen LogP contribution in [0.15, 0.2) is 83.9 Å². The van der Waals surface area contributed by atoms with E-state index in [-0.39, 0.29) is 31.3 Å². The first-order chi connectivity index (χ1) is 18.6. The fourth-order valence-electron chi connectivity index (χ4n) is 5.95. The number of fused-ring (bicyclic) bond motifs is 3. The molecule has 38 heavy (non-hydrogen) atoms. The molecule has 0 N–H and O–H groups in total. The van der Waals surface area contributed by atoms with Crippen molar-refractivity contribution >= 4 is 18.0 Å². The van der Waals surface area contributed by atoms with Gasteiger partial charge >= 0.3 is 12.1 Å². The number of methoxy groups -OCH3 is 1. The summed E-state index contributed by atoms with van der Waals surface area (Å²) in [6.07, 6.45) is 1.48. The molecule has 1 aliphatic carbocycles. The molecular formula is C31H30N2O5. The molecule has 3 aromatic carbocycles. The van der Waals surface area contributed by atoms with Crippen LogP contribution in [0.4, 0.5) is 4.79 Å². The zero-order valence-corrected chi connectivity index (χ0v) is 21.3. The molecule has 0 saturated carbocycles. The number of carbonyl (C=O) groups excluding carboxylic acids is 2. The van der Waals surface area contributed by atoms with E-state index in [9.17, 15) is 9.59 Å². The van der Waals surface area contributed by atoms with Crippen molar-refractivity contribution in [3.05, 3.63) is 95.6 Å². The van der Waals surface area contributed by atoms with Crippen molar-refractivity contribution in [2.45, 2.75) is 36.8 Å². The van der Waals surface area contributed by atoms with Crippen LogP contribution in [0, 0.1) is 0 Å². The van der Waals surface area contributed by atoms with Crippen molar-refractivity contribution in [3.8, 4) is 11.1 Å². The minimum absolute atomic E-state index is 0.00896. The summed E-state index contributed by atoms with van der Waals surface area (Å²) < 4.78 is 17.0. The average Bonchev–Trinajstić information content (AvgIpc) is 3.69. The predicted octanol–water partition coefficient (Wildman–Crippen LogP) is 4.98. The Morgan fingerprint density at radius 2 is 1.63 bits per heavy atom. The molecule has 7 nitrogen and oxygen atoms in total. The Morgan fingerprint density at radius 1 is 0.974 bits per heavy atom. The van der Waals surface area contributed by atoms with Crippen molar-refractivity contribution in [1.29, 1.82) is 0 Å². The third-order valence-electron chi connectivity index (χ3n) is 7.80. The number of esters is 1. The van der Waals surface area contributed by atoms with Crippen molar-refractivity contribution in [1.82, 2.24) is 4.90 Å². The lowest BCUT2D eigenvalue weighted by Gasteiger charge is -2.24. The van der Waals surface area contributed by atoms with Gasteiger partial charge in [0.2, 0.25) is 5.90 Å². The normalized spacial score (nSPS) is 21.9. The molecule has 3 aliphatic rings. The summed E-state index contributed by atoms with van der Waals surface area (Å²) in [6, 6.07) is 25.9. The number of likely N-dealkylation sites (tertiary alicyclic amines) is 1. The van der Waals surface area contributed by atoms with Crippen LogP contribution in [0.3, 0.4) is 0 Å². The van der Waals surface area contributed by atoms with Crippen molar-refractivity contribution in [3.63, 3.8) is 0 Å². The van der Waals surface area contributed by atoms with E-state index < -0.39 is 11.5 Å². The van der Waals surface area contributed by atoms with Crippen LogP contribution in [0.5, 0.6) is 0 Å². The summed E-state index contributed by atoms with van der Waals surface area (Å²) in [5, 5.41) is 0. The third kappa shape index (κ3) is 4.22. The summed E-state index contributed by atoms with van der Waals surface area (Å²) in [4.78, 5) is 32.6. The van der Waals surface area contributed by atoms with E-state index in [0.717, 1.165) is 12.0 Å². The highest BCUT2D eigenvalue weighted by atomic mass is 16.6. The van der Waals surface area contributed by atoms with E-state index in [2.05, 4.69) is 24.3 Å². The Hall–Kier alpha value is -4.13. The highest BCUT2D eigenvalue weighted by Gasteiger charge is 2.48. The standard InChI is InChI=1S/C31H30N2O5/c1-36-29(34)31(18-21-10-3-2-4-11-21)20-38-28(32-31)27-16-9-17-33(27)30(35)37-19-26-24-14-7-5-12-22(24)23-13-6-8-15-25(23)26/h2-8,10-15,26-27H,9,16-20H2,1H3/t27?,31-/m1/s1. The lowest BCUT2D eigenvalue weighted by atomic mass is 9.92. The minimum atomic E-state index is -1.17. The number of nitrogens with zero attached hydrogens (tertiary/aromatic N) is 2. The van der Waals surface area contributed by atoms with Gasteiger partial charge in [-0.05, 0) is 40.7 Å². The number of ether oxygens (including phenoxy) is 3. The van der Waals surface area contributed by atoms with Gasteiger partial charge in [0, 0.05) is 18.9 Å². The maximum absolute atomic E-state index is 13.3. The molecule has 1 saturated heterocycles. The van der Waals surface area contributed by atoms with Gasteiger partial charge in [0.1, 0.15) is 19.3 Å². The molecule has 0 spiro atoms. The zero-order chi connectivity index (χ0) is 26.1. The second-order valence-corrected chi connectivity index (χ2v) is 10.1. The molecule has 1 fully saturated rings. The lowest BCUT2D eigenvalue weighted by molar-refractivity contribution is -0.147. The molecule has 7 heteroatoms. The molecule has 6 rings (SSSR count). The Bertz CT molecular complexity index is 1340. The van der Waals surface area contributed by atoms with Crippen LogP contribution >= 0.6 is 0 Å². The summed E-state index contributed by atoms with van der Waals surface area (Å²) >= 11 is 0. The Kier molecular flexibility index (Phi) is 6.35. The van der Waals surface area contributed by atoms with Crippen LogP contribution in [0.25, 0.3) is 11.1 Å². The van der Waals surface area contributed by atoms with E-state index >= 15 is 0 Å². The summed E-state index contributed by atoms with van der Waals surface area (Å²) in [5.74, 6) is -0.0512. The van der Waals surface area contributed by atoms with Crippen molar-refractivity contribution < 1.29 is 23.8 Å². The van der Waals surface area contributed by atoms with E-state index in [1.807, 2.05) is 54.6 Å². The molecule has 2 aliphatic heterocycles. The zero-order valence-electron chi connectivity index (χ0n) is 21.3. The van der Waals surface area contributed by atoms with Gasteiger partial charge in [-0.2, -0.15) is 0 Å². The van der Waals surface area contributed by atoms with Gasteiger partial charge in [-0.15, -0.1) is 0 Å². The Labute approximate surface area is 222 Å². The van der Waals surface area contributed by atoms with Crippen LogP contribution in [-0.2, 0) is 25.4 Å². The lowest BCUT2D eigenvalue weighted by Crippen LogP contribution is -2.42. The molecule has 0 aromatic heterocycles. The van der Waals surface area contributed by atoms with Crippen molar-refractivity contribution in [2.24, 2.45) is 4.99 Å². The fourth-order valence-corrected chi connectivity index (χ4v) is 5.95. The van der Waals surface area contributed by atoms with E-state index in [1.54, 1.807) is 4.90 Å². The average molecular weight is 511 g/mol. The van der Waals surface area contributed by atoms with E-state index in [4.69, 9.17) is 19.2 Å². The van der Waals surface area contributed by atoms with Gasteiger partial charge in [-0.3, -0.25) is 4.90 Å². The van der Waals surface area contributed by atoms with Gasteiger partial charge in [0.15, 0.2) is 5.54 Å². The number of benzene rings is 3. The second kappa shape index (κ2) is 9.97. The highest BCUT2D eigenvalue weighted by molar-refractivity contribution is 5.93. The quantitative estimate of drug-likeness (QED) is 0.437. The van der Waals surface area contributed by atoms with Crippen molar-refractivity contribution in [2.75, 3.05) is 26.9 Å². The number of hydrogen-bond acceptors (Lipinski definition) is 6. The highest BCUT2D eigenvalue weighted by Crippen LogP contribution is 2.44. The first kappa shape index (κ1) is 24.2. The summed E-state index contributed by atoms with van der Waals surface area (Å²) in [7, 11) is 1.36. The molecular weight excluding hydrogens is 480 g/mol. The molecule has 0 radical (unpaired) electrons. The number of amides is 1. The topological polar surface area (TPSA) is 77.4 Å². The molecule has 2 heterocycles. The van der Waals surface area contributed by atoms with Crippen LogP contribution in [-0.4, -0.2) is 61.3 Å². The first-order valence-electron chi connectivity index (χ1n) is 13.1. The summed E-state index contributed by atoms with van der Waals surface area (Å²) in [6.45, 7) is 0.885. The molecule has 194 valence electrons. The van der Waals surface area contributed by atoms with Gasteiger partial charge in [-0.25, -0.2) is 14.6 Å². The Morgan fingerprint density at radius 3 is 2.32 bits per heavy atom. The number of rotatable bonds is 6. The number of hydrogen-bond donors (Lipinski definition) is 0. The number of carbonyl (C=O) groups is 2. The largest absolute Gasteiger partial charge is 0.476 e. The van der Waals surface area contributed by atoms with Gasteiger partial charge in [0.05, 0.1) is 7.11 Å². The van der Waals surface area contributed by atoms with Gasteiger partial charge in [0.25, 0.3) is 0 Å². The van der Waals surface area contributed by atoms with Crippen LogP contribution in [0.2, 0.25) is 0 Å². The van der Waals surface area contributed by atoms with E-state index in [1.165, 1.54) is 29.4 Å². The molecule has 3 aromatic rings. The molecule has 1 amide bonds. The van der Waals surface area contributed by atoms with Gasteiger partial charge < -0.3 is 14.2 Å². The minimum Gasteiger partial charge on any atom is -0.476 e. The maximum atomic E-state index is 13.3. The monoisotopic (exact) mass is 510 g/mol. The Balaban J connectivity index is 1.19. The smallest absolute Gasteiger partial charge is 0.410 e. The second-order valence-electron chi connectivity index (χ2n) is 10.1. The SMILES string of the molecule is COC(=O)[C@@]1(Cc2ccccc2)COC(C2CCCN2C(=O)OCC2c3ccccc3-c3ccccc32)=N1. The molecule has 2 atom stereocenters. The van der Waals surface area contributed by atoms with Gasteiger partial charge in [-0.1, -0.05) is 78.9 Å². The van der Waals surface area contributed by atoms with Crippen LogP contribution < -0.4 is 0 Å². The molecule has 1 unspecified atom stereocenters.